The third kappa shape index (κ3) is 3.10. The molecular weight excluding hydrogens is 270 g/mol. The molecular formula is C13H16ClNO4. The van der Waals surface area contributed by atoms with E-state index in [1.807, 2.05) is 0 Å². The first-order valence-corrected chi connectivity index (χ1v) is 6.70. The van der Waals surface area contributed by atoms with E-state index in [4.69, 9.17) is 20.8 Å². The summed E-state index contributed by atoms with van der Waals surface area (Å²) in [6.07, 6.45) is 2.64. The molecule has 0 aliphatic carbocycles. The van der Waals surface area contributed by atoms with Crippen molar-refractivity contribution in [1.29, 1.82) is 0 Å². The van der Waals surface area contributed by atoms with Gasteiger partial charge in [-0.3, -0.25) is 9.59 Å². The molecule has 5 nitrogen and oxygen atoms in total. The average molecular weight is 286 g/mol. The Hall–Kier alpha value is -1.49. The van der Waals surface area contributed by atoms with E-state index >= 15 is 0 Å². The van der Waals surface area contributed by atoms with Crippen LogP contribution >= 0.6 is 11.6 Å². The Morgan fingerprint density at radius 3 is 2.68 bits per heavy atom. The number of nitrogens with zero attached hydrogens (tertiary/aromatic N) is 1. The molecule has 6 heteroatoms. The minimum Gasteiger partial charge on any atom is -0.466 e. The van der Waals surface area contributed by atoms with Crippen LogP contribution in [-0.4, -0.2) is 36.5 Å². The summed E-state index contributed by atoms with van der Waals surface area (Å²) >= 11 is 5.79. The van der Waals surface area contributed by atoms with Crippen LogP contribution in [0.25, 0.3) is 0 Å². The number of carbonyl (C=O) groups is 2. The van der Waals surface area contributed by atoms with E-state index in [1.165, 1.54) is 6.26 Å². The maximum atomic E-state index is 12.1. The van der Waals surface area contributed by atoms with Crippen molar-refractivity contribution in [2.75, 3.05) is 19.7 Å². The summed E-state index contributed by atoms with van der Waals surface area (Å²) in [6.45, 7) is 3.24. The molecule has 1 aliphatic rings. The molecule has 0 bridgehead atoms. The monoisotopic (exact) mass is 285 g/mol. The number of piperidine rings is 1. The highest BCUT2D eigenvalue weighted by atomic mass is 35.5. The van der Waals surface area contributed by atoms with Gasteiger partial charge in [0.15, 0.2) is 0 Å². The van der Waals surface area contributed by atoms with Crippen LogP contribution in [0.3, 0.4) is 0 Å². The van der Waals surface area contributed by atoms with Gasteiger partial charge in [0.2, 0.25) is 5.22 Å². The lowest BCUT2D eigenvalue weighted by atomic mass is 9.96. The van der Waals surface area contributed by atoms with Crippen molar-refractivity contribution in [3.05, 3.63) is 23.1 Å². The topological polar surface area (TPSA) is 59.8 Å². The molecule has 0 saturated carbocycles. The van der Waals surface area contributed by atoms with Gasteiger partial charge in [0.1, 0.15) is 0 Å². The predicted octanol–water partition coefficient (Wildman–Crippen LogP) is 2.35. The quantitative estimate of drug-likeness (QED) is 0.800. The first kappa shape index (κ1) is 13.9. The third-order valence-electron chi connectivity index (χ3n) is 3.25. The van der Waals surface area contributed by atoms with Crippen LogP contribution in [0.2, 0.25) is 5.22 Å². The molecule has 1 saturated heterocycles. The van der Waals surface area contributed by atoms with Crippen molar-refractivity contribution < 1.29 is 18.7 Å². The van der Waals surface area contributed by atoms with Crippen molar-refractivity contribution in [3.63, 3.8) is 0 Å². The Bertz CT molecular complexity index is 463. The fraction of sp³-hybridized carbons (Fsp3) is 0.538. The molecule has 2 heterocycles. The molecule has 19 heavy (non-hydrogen) atoms. The lowest BCUT2D eigenvalue weighted by molar-refractivity contribution is -0.149. The maximum Gasteiger partial charge on any atom is 0.309 e. The first-order valence-electron chi connectivity index (χ1n) is 6.32. The van der Waals surface area contributed by atoms with E-state index in [-0.39, 0.29) is 23.0 Å². The average Bonchev–Trinajstić information content (AvgIpc) is 2.84. The molecule has 104 valence electrons. The molecule has 0 spiro atoms. The van der Waals surface area contributed by atoms with Crippen LogP contribution in [0.4, 0.5) is 0 Å². The number of carbonyl (C=O) groups excluding carboxylic acids is 2. The van der Waals surface area contributed by atoms with Crippen molar-refractivity contribution in [3.8, 4) is 0 Å². The molecule has 0 unspecified atom stereocenters. The Labute approximate surface area is 116 Å². The number of rotatable bonds is 3. The minimum atomic E-state index is -0.170. The van der Waals surface area contributed by atoms with Crippen LogP contribution in [0.1, 0.15) is 30.1 Å². The van der Waals surface area contributed by atoms with Crippen LogP contribution < -0.4 is 0 Å². The van der Waals surface area contributed by atoms with E-state index in [1.54, 1.807) is 17.9 Å². The summed E-state index contributed by atoms with van der Waals surface area (Å²) in [6, 6.07) is 1.56. The largest absolute Gasteiger partial charge is 0.466 e. The normalized spacial score (nSPS) is 16.4. The Balaban J connectivity index is 1.92. The summed E-state index contributed by atoms with van der Waals surface area (Å²) in [7, 11) is 0. The summed E-state index contributed by atoms with van der Waals surface area (Å²) in [5.74, 6) is -0.430. The molecule has 0 radical (unpaired) electrons. The van der Waals surface area contributed by atoms with E-state index in [0.717, 1.165) is 0 Å². The molecule has 0 aromatic carbocycles. The molecule has 1 fully saturated rings. The van der Waals surface area contributed by atoms with Gasteiger partial charge >= 0.3 is 5.97 Å². The molecule has 1 aromatic heterocycles. The predicted molar refractivity (Wildman–Crippen MR) is 69.0 cm³/mol. The highest BCUT2D eigenvalue weighted by Gasteiger charge is 2.29. The van der Waals surface area contributed by atoms with Gasteiger partial charge in [-0.15, -0.1) is 0 Å². The highest BCUT2D eigenvalue weighted by Crippen LogP contribution is 2.23. The first-order chi connectivity index (χ1) is 9.13. The molecule has 2 rings (SSSR count). The number of amides is 1. The fourth-order valence-electron chi connectivity index (χ4n) is 2.19. The van der Waals surface area contributed by atoms with Crippen LogP contribution in [0.5, 0.6) is 0 Å². The second kappa shape index (κ2) is 6.10. The summed E-state index contributed by atoms with van der Waals surface area (Å²) < 4.78 is 9.90. The molecule has 0 atom stereocenters. The molecule has 1 amide bonds. The Morgan fingerprint density at radius 2 is 2.16 bits per heavy atom. The second-order valence-corrected chi connectivity index (χ2v) is 4.77. The van der Waals surface area contributed by atoms with E-state index in [9.17, 15) is 9.59 Å². The van der Waals surface area contributed by atoms with Gasteiger partial charge in [-0.1, -0.05) is 0 Å². The van der Waals surface area contributed by atoms with Gasteiger partial charge in [0.25, 0.3) is 5.91 Å². The summed E-state index contributed by atoms with van der Waals surface area (Å²) in [5, 5.41) is 0.109. The summed E-state index contributed by atoms with van der Waals surface area (Å²) in [4.78, 5) is 25.4. The van der Waals surface area contributed by atoms with E-state index in [2.05, 4.69) is 0 Å². The van der Waals surface area contributed by atoms with Gasteiger partial charge < -0.3 is 14.1 Å². The second-order valence-electron chi connectivity index (χ2n) is 4.43. The maximum absolute atomic E-state index is 12.1. The van der Waals surface area contributed by atoms with Gasteiger partial charge in [-0.25, -0.2) is 0 Å². The van der Waals surface area contributed by atoms with Gasteiger partial charge in [-0.2, -0.15) is 0 Å². The number of furan rings is 1. The minimum absolute atomic E-state index is 0.108. The fourth-order valence-corrected chi connectivity index (χ4v) is 2.39. The van der Waals surface area contributed by atoms with Crippen molar-refractivity contribution in [2.24, 2.45) is 5.92 Å². The number of hydrogen-bond acceptors (Lipinski definition) is 4. The van der Waals surface area contributed by atoms with Gasteiger partial charge in [-0.05, 0) is 37.4 Å². The van der Waals surface area contributed by atoms with Crippen LogP contribution in [0, 0.1) is 5.92 Å². The van der Waals surface area contributed by atoms with E-state index < -0.39 is 0 Å². The number of halogens is 1. The zero-order chi connectivity index (χ0) is 13.8. The van der Waals surface area contributed by atoms with Crippen molar-refractivity contribution in [2.45, 2.75) is 19.8 Å². The molecule has 1 aliphatic heterocycles. The Morgan fingerprint density at radius 1 is 1.47 bits per heavy atom. The zero-order valence-electron chi connectivity index (χ0n) is 10.7. The lowest BCUT2D eigenvalue weighted by Gasteiger charge is -2.30. The SMILES string of the molecule is CCOC(=O)C1CCN(C(=O)c2ccoc2Cl)CC1. The third-order valence-corrected chi connectivity index (χ3v) is 3.54. The van der Waals surface area contributed by atoms with Gasteiger partial charge in [0.05, 0.1) is 24.4 Å². The molecule has 1 aromatic rings. The van der Waals surface area contributed by atoms with Crippen LogP contribution in [-0.2, 0) is 9.53 Å². The molecule has 0 N–H and O–H groups in total. The van der Waals surface area contributed by atoms with E-state index in [0.29, 0.717) is 38.1 Å². The number of ether oxygens (including phenoxy) is 1. The van der Waals surface area contributed by atoms with Crippen LogP contribution in [0.15, 0.2) is 16.7 Å². The van der Waals surface area contributed by atoms with Crippen molar-refractivity contribution in [1.82, 2.24) is 4.90 Å². The lowest BCUT2D eigenvalue weighted by Crippen LogP contribution is -2.40. The number of hydrogen-bond donors (Lipinski definition) is 0. The zero-order valence-corrected chi connectivity index (χ0v) is 11.5. The number of likely N-dealkylation sites (tertiary alicyclic amines) is 1. The summed E-state index contributed by atoms with van der Waals surface area (Å²) in [5.41, 5.74) is 0.372. The smallest absolute Gasteiger partial charge is 0.309 e. The Kier molecular flexibility index (Phi) is 4.47. The standard InChI is InChI=1S/C13H16ClNO4/c1-2-18-13(17)9-3-6-15(7-4-9)12(16)10-5-8-19-11(10)14/h5,8-9H,2-4,6-7H2,1H3. The van der Waals surface area contributed by atoms with Crippen molar-refractivity contribution >= 4 is 23.5 Å². The number of esters is 1. The highest BCUT2D eigenvalue weighted by molar-refractivity contribution is 6.32. The van der Waals surface area contributed by atoms with Gasteiger partial charge in [0, 0.05) is 13.1 Å².